The van der Waals surface area contributed by atoms with Crippen molar-refractivity contribution in [1.82, 2.24) is 4.90 Å². The van der Waals surface area contributed by atoms with Crippen LogP contribution in [0.2, 0.25) is 0 Å². The van der Waals surface area contributed by atoms with Gasteiger partial charge in [0.25, 0.3) is 0 Å². The maximum absolute atomic E-state index is 11.7. The van der Waals surface area contributed by atoms with E-state index in [1.807, 2.05) is 29.2 Å². The highest BCUT2D eigenvalue weighted by atomic mass is 79.9. The molecule has 104 valence electrons. The first kappa shape index (κ1) is 13.8. The van der Waals surface area contributed by atoms with Crippen LogP contribution in [0.5, 0.6) is 0 Å². The summed E-state index contributed by atoms with van der Waals surface area (Å²) in [7, 11) is 0. The van der Waals surface area contributed by atoms with Crippen LogP contribution in [0.15, 0.2) is 40.2 Å². The van der Waals surface area contributed by atoms with E-state index >= 15 is 0 Å². The van der Waals surface area contributed by atoms with Crippen molar-refractivity contribution in [3.63, 3.8) is 0 Å². The van der Waals surface area contributed by atoms with Crippen LogP contribution in [0.1, 0.15) is 22.0 Å². The molecule has 1 aromatic heterocycles. The van der Waals surface area contributed by atoms with Crippen molar-refractivity contribution in [2.45, 2.75) is 19.0 Å². The quantitative estimate of drug-likeness (QED) is 0.916. The summed E-state index contributed by atoms with van der Waals surface area (Å²) >= 11 is 5.23. The fourth-order valence-corrected chi connectivity index (χ4v) is 4.06. The molecule has 2 aromatic rings. The topological polar surface area (TPSA) is 40.5 Å². The van der Waals surface area contributed by atoms with E-state index in [0.717, 1.165) is 23.0 Å². The molecule has 3 nitrogen and oxygen atoms in total. The molecule has 0 amide bonds. The van der Waals surface area contributed by atoms with Crippen molar-refractivity contribution in [3.8, 4) is 0 Å². The standard InChI is InChI=1S/C15H14BrNO2S/c16-12-4-2-1-3-11(12)14(15(18)19)17-7-5-13-10(9-17)6-8-20-13/h1-4,6,8,14H,5,7,9H2,(H,18,19). The molecule has 0 radical (unpaired) electrons. The highest BCUT2D eigenvalue weighted by molar-refractivity contribution is 9.10. The predicted molar refractivity (Wildman–Crippen MR) is 83.0 cm³/mol. The smallest absolute Gasteiger partial charge is 0.325 e. The number of carboxylic acid groups (broad SMARTS) is 1. The normalized spacial score (nSPS) is 16.6. The zero-order valence-electron chi connectivity index (χ0n) is 10.8. The van der Waals surface area contributed by atoms with E-state index in [9.17, 15) is 9.90 Å². The molecule has 1 unspecified atom stereocenters. The van der Waals surface area contributed by atoms with Crippen LogP contribution in [0.4, 0.5) is 0 Å². The van der Waals surface area contributed by atoms with E-state index in [2.05, 4.69) is 27.4 Å². The van der Waals surface area contributed by atoms with Crippen molar-refractivity contribution >= 4 is 33.2 Å². The summed E-state index contributed by atoms with van der Waals surface area (Å²) in [5.74, 6) is -0.796. The lowest BCUT2D eigenvalue weighted by Gasteiger charge is -2.32. The van der Waals surface area contributed by atoms with E-state index in [4.69, 9.17) is 0 Å². The third kappa shape index (κ3) is 2.53. The second-order valence-corrected chi connectivity index (χ2v) is 6.71. The lowest BCUT2D eigenvalue weighted by atomic mass is 10.0. The molecule has 1 aliphatic rings. The monoisotopic (exact) mass is 351 g/mol. The predicted octanol–water partition coefficient (Wildman–Crippen LogP) is 3.69. The molecular weight excluding hydrogens is 338 g/mol. The van der Waals surface area contributed by atoms with E-state index < -0.39 is 12.0 Å². The van der Waals surface area contributed by atoms with Crippen molar-refractivity contribution < 1.29 is 9.90 Å². The fourth-order valence-electron chi connectivity index (χ4n) is 2.67. The maximum Gasteiger partial charge on any atom is 0.325 e. The van der Waals surface area contributed by atoms with Gasteiger partial charge in [-0.1, -0.05) is 34.1 Å². The molecule has 0 aliphatic carbocycles. The molecule has 0 spiro atoms. The van der Waals surface area contributed by atoms with E-state index in [1.54, 1.807) is 11.3 Å². The molecule has 1 aliphatic heterocycles. The van der Waals surface area contributed by atoms with E-state index in [1.165, 1.54) is 10.4 Å². The average Bonchev–Trinajstić information content (AvgIpc) is 2.88. The van der Waals surface area contributed by atoms with Gasteiger partial charge in [0.2, 0.25) is 0 Å². The molecular formula is C15H14BrNO2S. The van der Waals surface area contributed by atoms with Gasteiger partial charge in [0, 0.05) is 22.4 Å². The zero-order chi connectivity index (χ0) is 14.1. The lowest BCUT2D eigenvalue weighted by Crippen LogP contribution is -2.37. The second-order valence-electron chi connectivity index (χ2n) is 4.85. The molecule has 5 heteroatoms. The summed E-state index contributed by atoms with van der Waals surface area (Å²) in [6.45, 7) is 1.49. The highest BCUT2D eigenvalue weighted by Crippen LogP contribution is 2.33. The second kappa shape index (κ2) is 5.68. The number of aliphatic carboxylic acids is 1. The number of halogens is 1. The number of carboxylic acids is 1. The number of benzene rings is 1. The molecule has 1 N–H and O–H groups in total. The first-order chi connectivity index (χ1) is 9.66. The van der Waals surface area contributed by atoms with Gasteiger partial charge in [-0.2, -0.15) is 0 Å². The Morgan fingerprint density at radius 2 is 2.15 bits per heavy atom. The SMILES string of the molecule is O=C(O)C(c1ccccc1Br)N1CCc2sccc2C1. The fraction of sp³-hybridized carbons (Fsp3) is 0.267. The molecule has 0 saturated carbocycles. The molecule has 0 saturated heterocycles. The van der Waals surface area contributed by atoms with Crippen molar-refractivity contribution in [2.24, 2.45) is 0 Å². The summed E-state index contributed by atoms with van der Waals surface area (Å²) in [5.41, 5.74) is 2.08. The molecule has 0 bridgehead atoms. The van der Waals surface area contributed by atoms with Crippen LogP contribution in [0.3, 0.4) is 0 Å². The summed E-state index contributed by atoms with van der Waals surface area (Å²) in [5, 5.41) is 11.7. The summed E-state index contributed by atoms with van der Waals surface area (Å²) in [6, 6.07) is 9.07. The molecule has 3 rings (SSSR count). The van der Waals surface area contributed by atoms with Crippen molar-refractivity contribution in [2.75, 3.05) is 6.54 Å². The Morgan fingerprint density at radius 3 is 2.90 bits per heavy atom. The summed E-state index contributed by atoms with van der Waals surface area (Å²) in [4.78, 5) is 15.2. The third-order valence-electron chi connectivity index (χ3n) is 3.64. The number of nitrogens with zero attached hydrogens (tertiary/aromatic N) is 1. The van der Waals surface area contributed by atoms with Crippen LogP contribution in [0.25, 0.3) is 0 Å². The van der Waals surface area contributed by atoms with Crippen LogP contribution in [0, 0.1) is 0 Å². The number of thiophene rings is 1. The van der Waals surface area contributed by atoms with Crippen LogP contribution in [-0.2, 0) is 17.8 Å². The Balaban J connectivity index is 1.93. The zero-order valence-corrected chi connectivity index (χ0v) is 13.2. The van der Waals surface area contributed by atoms with Gasteiger partial charge in [-0.25, -0.2) is 0 Å². The van der Waals surface area contributed by atoms with Gasteiger partial charge in [-0.05, 0) is 35.1 Å². The van der Waals surface area contributed by atoms with Crippen LogP contribution >= 0.6 is 27.3 Å². The Bertz CT molecular complexity index is 640. The Kier molecular flexibility index (Phi) is 3.92. The Labute approximate surface area is 130 Å². The van der Waals surface area contributed by atoms with Crippen LogP contribution in [-0.4, -0.2) is 22.5 Å². The van der Waals surface area contributed by atoms with Crippen LogP contribution < -0.4 is 0 Å². The Hall–Kier alpha value is -1.17. The minimum atomic E-state index is -0.796. The number of rotatable bonds is 3. The molecule has 0 fully saturated rings. The van der Waals surface area contributed by atoms with E-state index in [-0.39, 0.29) is 0 Å². The van der Waals surface area contributed by atoms with E-state index in [0.29, 0.717) is 6.54 Å². The summed E-state index contributed by atoms with van der Waals surface area (Å²) < 4.78 is 0.850. The number of hydrogen-bond donors (Lipinski definition) is 1. The molecule has 2 heterocycles. The van der Waals surface area contributed by atoms with Gasteiger partial charge < -0.3 is 5.11 Å². The van der Waals surface area contributed by atoms with Gasteiger partial charge >= 0.3 is 5.97 Å². The molecule has 20 heavy (non-hydrogen) atoms. The van der Waals surface area contributed by atoms with Crippen molar-refractivity contribution in [3.05, 3.63) is 56.2 Å². The number of fused-ring (bicyclic) bond motifs is 1. The Morgan fingerprint density at radius 1 is 1.35 bits per heavy atom. The number of hydrogen-bond acceptors (Lipinski definition) is 3. The first-order valence-corrected chi connectivity index (χ1v) is 8.10. The van der Waals surface area contributed by atoms with Gasteiger partial charge in [-0.15, -0.1) is 11.3 Å². The summed E-state index contributed by atoms with van der Waals surface area (Å²) in [6.07, 6.45) is 0.932. The van der Waals surface area contributed by atoms with Gasteiger partial charge in [0.1, 0.15) is 6.04 Å². The van der Waals surface area contributed by atoms with Gasteiger partial charge in [0.15, 0.2) is 0 Å². The molecule has 1 atom stereocenters. The average molecular weight is 352 g/mol. The minimum absolute atomic E-state index is 0.598. The molecule has 1 aromatic carbocycles. The largest absolute Gasteiger partial charge is 0.480 e. The van der Waals surface area contributed by atoms with Gasteiger partial charge in [0.05, 0.1) is 0 Å². The van der Waals surface area contributed by atoms with Gasteiger partial charge in [-0.3, -0.25) is 9.69 Å². The third-order valence-corrected chi connectivity index (χ3v) is 5.38. The highest BCUT2D eigenvalue weighted by Gasteiger charge is 2.31. The minimum Gasteiger partial charge on any atom is -0.480 e. The lowest BCUT2D eigenvalue weighted by molar-refractivity contribution is -0.144. The number of carbonyl (C=O) groups is 1. The van der Waals surface area contributed by atoms with Crippen molar-refractivity contribution in [1.29, 1.82) is 0 Å². The first-order valence-electron chi connectivity index (χ1n) is 6.43. The maximum atomic E-state index is 11.7.